The van der Waals surface area contributed by atoms with Gasteiger partial charge in [0.25, 0.3) is 0 Å². The van der Waals surface area contributed by atoms with Crippen LogP contribution < -0.4 is 0 Å². The summed E-state index contributed by atoms with van der Waals surface area (Å²) in [5.41, 5.74) is 10.1. The second kappa shape index (κ2) is 22.3. The molecule has 2 aliphatic carbocycles. The van der Waals surface area contributed by atoms with Gasteiger partial charge in [-0.05, 0) is 127 Å². The van der Waals surface area contributed by atoms with Crippen LogP contribution in [0.25, 0.3) is 0 Å². The lowest BCUT2D eigenvalue weighted by Crippen LogP contribution is -2.12. The molecule has 0 aromatic heterocycles. The van der Waals surface area contributed by atoms with Crippen LogP contribution in [0.15, 0.2) is 97.1 Å². The van der Waals surface area contributed by atoms with Gasteiger partial charge >= 0.3 is 0 Å². The molecule has 4 aromatic rings. The zero-order chi connectivity index (χ0) is 36.1. The molecule has 6 rings (SSSR count). The van der Waals surface area contributed by atoms with Crippen molar-refractivity contribution in [1.82, 2.24) is 0 Å². The average molecular weight is 661 g/mol. The van der Waals surface area contributed by atoms with Crippen LogP contribution in [-0.2, 0) is 0 Å². The molecule has 0 saturated heterocycles. The molecule has 0 aliphatic heterocycles. The fraction of sp³-hybridized carbons (Fsp3) is 0.400. The molecule has 260 valence electrons. The molecule has 0 radical (unpaired) electrons. The van der Waals surface area contributed by atoms with E-state index >= 15 is 0 Å². The highest BCUT2D eigenvalue weighted by molar-refractivity contribution is 5.38. The Bertz CT molecular complexity index is 1630. The summed E-state index contributed by atoms with van der Waals surface area (Å²) < 4.78 is 0. The molecule has 4 aromatic carbocycles. The Morgan fingerprint density at radius 3 is 0.860 bits per heavy atom. The molecule has 0 N–H and O–H groups in total. The number of benzene rings is 4. The van der Waals surface area contributed by atoms with E-state index in [9.17, 15) is 0 Å². The molecular weight excluding hydrogens is 601 g/mol. The lowest BCUT2D eigenvalue weighted by atomic mass is 9.79. The van der Waals surface area contributed by atoms with Gasteiger partial charge in [0.15, 0.2) is 0 Å². The van der Waals surface area contributed by atoms with Crippen molar-refractivity contribution in [3.8, 4) is 35.5 Å². The van der Waals surface area contributed by atoms with Crippen molar-refractivity contribution in [1.29, 1.82) is 0 Å². The summed E-state index contributed by atoms with van der Waals surface area (Å²) in [6.07, 6.45) is 9.71. The first-order valence-electron chi connectivity index (χ1n) is 19.2. The highest BCUT2D eigenvalue weighted by Crippen LogP contribution is 2.35. The molecule has 0 heterocycles. The van der Waals surface area contributed by atoms with Crippen LogP contribution in [0.5, 0.6) is 0 Å². The summed E-state index contributed by atoms with van der Waals surface area (Å²) in [6.45, 7) is 16.5. The van der Waals surface area contributed by atoms with E-state index in [1.807, 2.05) is 27.7 Å². The van der Waals surface area contributed by atoms with Crippen LogP contribution in [0.3, 0.4) is 0 Å². The van der Waals surface area contributed by atoms with Gasteiger partial charge in [-0.3, -0.25) is 0 Å². The summed E-state index contributed by atoms with van der Waals surface area (Å²) >= 11 is 0. The van der Waals surface area contributed by atoms with E-state index in [1.165, 1.54) is 79.2 Å². The number of rotatable bonds is 1. The second-order valence-electron chi connectivity index (χ2n) is 13.4. The van der Waals surface area contributed by atoms with Gasteiger partial charge in [-0.1, -0.05) is 146 Å². The van der Waals surface area contributed by atoms with Crippen molar-refractivity contribution in [2.24, 2.45) is 17.8 Å². The first kappa shape index (κ1) is 40.0. The maximum absolute atomic E-state index is 3.49. The third kappa shape index (κ3) is 14.2. The highest BCUT2D eigenvalue weighted by atomic mass is 14.2. The smallest absolute Gasteiger partial charge is 0.0245 e. The average Bonchev–Trinajstić information content (AvgIpc) is 3.17. The molecule has 50 heavy (non-hydrogen) atoms. The molecule has 0 nitrogen and oxygen atoms in total. The third-order valence-electron chi connectivity index (χ3n) is 9.42. The Labute approximate surface area is 306 Å². The summed E-state index contributed by atoms with van der Waals surface area (Å²) in [5.74, 6) is 22.8. The minimum atomic E-state index is 0.531. The van der Waals surface area contributed by atoms with Crippen molar-refractivity contribution in [3.05, 3.63) is 142 Å². The minimum absolute atomic E-state index is 0.531. The van der Waals surface area contributed by atoms with Crippen LogP contribution >= 0.6 is 0 Å². The molecule has 2 saturated carbocycles. The molecule has 0 amide bonds. The Morgan fingerprint density at radius 1 is 0.340 bits per heavy atom. The van der Waals surface area contributed by atoms with Crippen molar-refractivity contribution in [3.63, 3.8) is 0 Å². The molecule has 0 unspecified atom stereocenters. The maximum atomic E-state index is 3.49. The Hall–Kier alpha value is -4.44. The van der Waals surface area contributed by atoms with Crippen LogP contribution in [-0.4, -0.2) is 0 Å². The quantitative estimate of drug-likeness (QED) is 0.178. The first-order valence-corrected chi connectivity index (χ1v) is 19.2. The van der Waals surface area contributed by atoms with Crippen molar-refractivity contribution < 1.29 is 0 Å². The largest absolute Gasteiger partial charge is 0.0945 e. The van der Waals surface area contributed by atoms with E-state index in [2.05, 4.69) is 160 Å². The van der Waals surface area contributed by atoms with E-state index in [-0.39, 0.29) is 0 Å². The van der Waals surface area contributed by atoms with Crippen molar-refractivity contribution >= 4 is 0 Å². The SMILES string of the molecule is CC.CC.Cc1ccc(C#CC2CCC(C#Cc3ccc(C)cc3)CC2)cc1.Cc1ccc(C#CC2CCC(c3ccc(C)cc3)CC2)cc1. The fourth-order valence-electron chi connectivity index (χ4n) is 6.26. The first-order chi connectivity index (χ1) is 24.4. The van der Waals surface area contributed by atoms with Gasteiger partial charge in [-0.15, -0.1) is 0 Å². The number of hydrogen-bond donors (Lipinski definition) is 0. The standard InChI is InChI=1S/C24H24.C22H24.2C2H6/c1-19-3-7-21(8-4-19)11-13-23-15-17-24(18-16-23)14-12-22-9-5-20(2)6-10-22;1-17-3-7-19(8-4-17)9-10-20-11-15-22(16-12-20)21-13-5-18(2)6-14-21;2*1-2/h3-10,23-24H,15-18H2,1-2H3;3-8,13-14,20,22H,11-12,15-16H2,1-2H3;2*1-2H3. The summed E-state index contributed by atoms with van der Waals surface area (Å²) in [4.78, 5) is 0. The number of aryl methyl sites for hydroxylation is 4. The minimum Gasteiger partial charge on any atom is -0.0945 e. The van der Waals surface area contributed by atoms with E-state index in [0.29, 0.717) is 17.8 Å². The van der Waals surface area contributed by atoms with Gasteiger partial charge in [-0.2, -0.15) is 0 Å². The van der Waals surface area contributed by atoms with Gasteiger partial charge in [0, 0.05) is 34.4 Å². The predicted molar refractivity (Wildman–Crippen MR) is 218 cm³/mol. The normalized spacial score (nSPS) is 18.9. The monoisotopic (exact) mass is 660 g/mol. The summed E-state index contributed by atoms with van der Waals surface area (Å²) in [6, 6.07) is 34.6. The Kier molecular flexibility index (Phi) is 17.8. The molecule has 0 heteroatoms. The van der Waals surface area contributed by atoms with E-state index in [4.69, 9.17) is 0 Å². The number of hydrogen-bond acceptors (Lipinski definition) is 0. The molecule has 0 bridgehead atoms. The zero-order valence-electron chi connectivity index (χ0n) is 32.2. The predicted octanol–water partition coefficient (Wildman–Crippen LogP) is 13.2. The van der Waals surface area contributed by atoms with Crippen LogP contribution in [0.4, 0.5) is 0 Å². The van der Waals surface area contributed by atoms with Crippen molar-refractivity contribution in [2.45, 2.75) is 113 Å². The molecule has 0 spiro atoms. The van der Waals surface area contributed by atoms with Crippen LogP contribution in [0.2, 0.25) is 0 Å². The van der Waals surface area contributed by atoms with Crippen LogP contribution in [0.1, 0.15) is 129 Å². The zero-order valence-corrected chi connectivity index (χ0v) is 32.2. The van der Waals surface area contributed by atoms with Crippen LogP contribution in [0, 0.1) is 81.0 Å². The van der Waals surface area contributed by atoms with Crippen molar-refractivity contribution in [2.75, 3.05) is 0 Å². The van der Waals surface area contributed by atoms with E-state index in [1.54, 1.807) is 0 Å². The van der Waals surface area contributed by atoms with Gasteiger partial charge in [0.1, 0.15) is 0 Å². The highest BCUT2D eigenvalue weighted by Gasteiger charge is 2.21. The topological polar surface area (TPSA) is 0 Å². The van der Waals surface area contributed by atoms with E-state index < -0.39 is 0 Å². The Morgan fingerprint density at radius 2 is 0.580 bits per heavy atom. The third-order valence-corrected chi connectivity index (χ3v) is 9.42. The summed E-state index contributed by atoms with van der Waals surface area (Å²) in [7, 11) is 0. The lowest BCUT2D eigenvalue weighted by molar-refractivity contribution is 0.373. The maximum Gasteiger partial charge on any atom is 0.0245 e. The fourth-order valence-corrected chi connectivity index (χ4v) is 6.26. The molecular formula is C50H60. The Balaban J connectivity index is 0.000000247. The summed E-state index contributed by atoms with van der Waals surface area (Å²) in [5, 5.41) is 0. The van der Waals surface area contributed by atoms with Gasteiger partial charge < -0.3 is 0 Å². The van der Waals surface area contributed by atoms with Gasteiger partial charge in [-0.25, -0.2) is 0 Å². The molecule has 0 atom stereocenters. The van der Waals surface area contributed by atoms with E-state index in [0.717, 1.165) is 22.6 Å². The second-order valence-corrected chi connectivity index (χ2v) is 13.4. The van der Waals surface area contributed by atoms with Gasteiger partial charge in [0.05, 0.1) is 0 Å². The van der Waals surface area contributed by atoms with Gasteiger partial charge in [0.2, 0.25) is 0 Å². The molecule has 2 aliphatic rings. The molecule has 2 fully saturated rings. The lowest BCUT2D eigenvalue weighted by Gasteiger charge is -2.26.